The van der Waals surface area contributed by atoms with E-state index in [1.165, 1.54) is 0 Å². The van der Waals surface area contributed by atoms with Gasteiger partial charge in [-0.2, -0.15) is 43.9 Å². The molecular formula is C6ClF11. The third-order valence-corrected chi connectivity index (χ3v) is 1.94. The third-order valence-electron chi connectivity index (χ3n) is 1.77. The molecule has 0 aliphatic rings. The minimum Gasteiger partial charge on any atom is -0.206 e. The Morgan fingerprint density at radius 3 is 0.889 bits per heavy atom. The molecule has 0 unspecified atom stereocenters. The van der Waals surface area contributed by atoms with Crippen molar-refractivity contribution in [3.05, 3.63) is 11.1 Å². The van der Waals surface area contributed by atoms with Gasteiger partial charge in [-0.05, 0) is 11.6 Å². The molecule has 0 atom stereocenters. The second kappa shape index (κ2) is 4.42. The molecule has 0 nitrogen and oxygen atoms in total. The maximum absolute atomic E-state index is 12.5. The molecular weight excluding hydrogens is 316 g/mol. The van der Waals surface area contributed by atoms with Gasteiger partial charge in [-0.15, -0.1) is 0 Å². The van der Waals surface area contributed by atoms with Crippen LogP contribution in [0.5, 0.6) is 0 Å². The number of halogens is 12. The Labute approximate surface area is 96.0 Å². The number of allylic oxidation sites excluding steroid dienone is 1. The Balaban J connectivity index is 6.58. The molecule has 0 aromatic rings. The molecule has 0 heterocycles. The standard InChI is InChI=1S/C6ClF11/c7-2(9)1(8)3(4(10,11)12,5(13,14)15)6(16,17)18/b2-1+. The maximum Gasteiger partial charge on any atom is 0.418 e. The summed E-state index contributed by atoms with van der Waals surface area (Å²) in [6.45, 7) is 0. The fourth-order valence-corrected chi connectivity index (χ4v) is 1.14. The molecule has 0 saturated carbocycles. The maximum atomic E-state index is 12.5. The normalized spacial score (nSPS) is 16.7. The van der Waals surface area contributed by atoms with Crippen molar-refractivity contribution in [3.63, 3.8) is 0 Å². The zero-order valence-electron chi connectivity index (χ0n) is 7.54. The summed E-state index contributed by atoms with van der Waals surface area (Å²) in [5, 5.41) is -3.39. The van der Waals surface area contributed by atoms with Crippen LogP contribution in [0.1, 0.15) is 0 Å². The smallest absolute Gasteiger partial charge is 0.206 e. The molecule has 0 aliphatic heterocycles. The van der Waals surface area contributed by atoms with Gasteiger partial charge in [-0.1, -0.05) is 0 Å². The lowest BCUT2D eigenvalue weighted by molar-refractivity contribution is -0.416. The van der Waals surface area contributed by atoms with E-state index in [-0.39, 0.29) is 0 Å². The predicted molar refractivity (Wildman–Crippen MR) is 35.7 cm³/mol. The molecule has 0 fully saturated rings. The van der Waals surface area contributed by atoms with Crippen LogP contribution in [0.3, 0.4) is 0 Å². The van der Waals surface area contributed by atoms with Crippen molar-refractivity contribution in [2.75, 3.05) is 0 Å². The highest BCUT2D eigenvalue weighted by Gasteiger charge is 2.87. The van der Waals surface area contributed by atoms with Gasteiger partial charge in [-0.25, -0.2) is 4.39 Å². The van der Waals surface area contributed by atoms with Gasteiger partial charge in [0.05, 0.1) is 0 Å². The van der Waals surface area contributed by atoms with Crippen LogP contribution >= 0.6 is 11.6 Å². The third kappa shape index (κ3) is 2.36. The first-order valence-electron chi connectivity index (χ1n) is 3.52. The van der Waals surface area contributed by atoms with Gasteiger partial charge in [-0.3, -0.25) is 0 Å². The lowest BCUT2D eigenvalue weighted by atomic mass is 9.84. The summed E-state index contributed by atoms with van der Waals surface area (Å²) in [6.07, 6.45) is -21.7. The van der Waals surface area contributed by atoms with Crippen molar-refractivity contribution in [1.82, 2.24) is 0 Å². The summed E-state index contributed by atoms with van der Waals surface area (Å²) in [7, 11) is 0. The fourth-order valence-electron chi connectivity index (χ4n) is 0.997. The highest BCUT2D eigenvalue weighted by molar-refractivity contribution is 6.28. The van der Waals surface area contributed by atoms with E-state index < -0.39 is 35.1 Å². The second-order valence-electron chi connectivity index (χ2n) is 2.82. The van der Waals surface area contributed by atoms with E-state index >= 15 is 0 Å². The topological polar surface area (TPSA) is 0 Å². The van der Waals surface area contributed by atoms with E-state index in [2.05, 4.69) is 11.6 Å². The Kier molecular flexibility index (Phi) is 4.24. The van der Waals surface area contributed by atoms with Crippen molar-refractivity contribution in [2.45, 2.75) is 18.5 Å². The van der Waals surface area contributed by atoms with Crippen LogP contribution in [0.25, 0.3) is 0 Å². The van der Waals surface area contributed by atoms with Crippen LogP contribution in [-0.2, 0) is 0 Å². The molecule has 0 N–H and O–H groups in total. The Morgan fingerprint density at radius 1 is 0.611 bits per heavy atom. The largest absolute Gasteiger partial charge is 0.418 e. The van der Waals surface area contributed by atoms with E-state index in [0.29, 0.717) is 0 Å². The Morgan fingerprint density at radius 2 is 0.833 bits per heavy atom. The molecule has 0 saturated heterocycles. The van der Waals surface area contributed by atoms with Gasteiger partial charge >= 0.3 is 23.9 Å². The van der Waals surface area contributed by atoms with Gasteiger partial charge in [0.2, 0.25) is 5.29 Å². The zero-order valence-corrected chi connectivity index (χ0v) is 8.29. The first-order chi connectivity index (χ1) is 7.60. The monoisotopic (exact) mass is 316 g/mol. The number of alkyl halides is 9. The highest BCUT2D eigenvalue weighted by atomic mass is 35.5. The van der Waals surface area contributed by atoms with Gasteiger partial charge in [0.1, 0.15) is 0 Å². The molecule has 108 valence electrons. The van der Waals surface area contributed by atoms with Crippen molar-refractivity contribution in [3.8, 4) is 0 Å². The van der Waals surface area contributed by atoms with E-state index in [0.717, 1.165) is 0 Å². The van der Waals surface area contributed by atoms with Crippen LogP contribution in [0.15, 0.2) is 11.1 Å². The lowest BCUT2D eigenvalue weighted by Crippen LogP contribution is -2.60. The molecule has 0 radical (unpaired) electrons. The molecule has 0 aromatic carbocycles. The van der Waals surface area contributed by atoms with Crippen LogP contribution in [-0.4, -0.2) is 18.5 Å². The van der Waals surface area contributed by atoms with Gasteiger partial charge in [0.25, 0.3) is 0 Å². The van der Waals surface area contributed by atoms with Crippen LogP contribution < -0.4 is 0 Å². The average molecular weight is 316 g/mol. The molecule has 0 bridgehead atoms. The molecule has 0 spiro atoms. The number of hydrogen-bond donors (Lipinski definition) is 0. The van der Waals surface area contributed by atoms with Gasteiger partial charge in [0.15, 0.2) is 5.83 Å². The van der Waals surface area contributed by atoms with Crippen molar-refractivity contribution < 1.29 is 48.3 Å². The van der Waals surface area contributed by atoms with E-state index in [9.17, 15) is 48.3 Å². The Bertz CT molecular complexity index is 302. The van der Waals surface area contributed by atoms with Crippen LogP contribution in [0.2, 0.25) is 0 Å². The summed E-state index contributed by atoms with van der Waals surface area (Å²) in [5.41, 5.74) is -7.00. The summed E-state index contributed by atoms with van der Waals surface area (Å²) >= 11 is 3.87. The van der Waals surface area contributed by atoms with Crippen molar-refractivity contribution in [2.24, 2.45) is 5.41 Å². The average Bonchev–Trinajstić information content (AvgIpc) is 1.94. The quantitative estimate of drug-likeness (QED) is 0.597. The number of rotatable bonds is 1. The first kappa shape index (κ1) is 17.3. The molecule has 0 aliphatic carbocycles. The predicted octanol–water partition coefficient (Wildman–Crippen LogP) is 5.01. The molecule has 12 heteroatoms. The summed E-state index contributed by atoms with van der Waals surface area (Å²) in [5.74, 6) is -4.21. The summed E-state index contributed by atoms with van der Waals surface area (Å²) in [4.78, 5) is 0. The molecule has 0 aromatic heterocycles. The summed E-state index contributed by atoms with van der Waals surface area (Å²) in [6, 6.07) is 0. The fraction of sp³-hybridized carbons (Fsp3) is 0.667. The van der Waals surface area contributed by atoms with Crippen LogP contribution in [0, 0.1) is 5.41 Å². The van der Waals surface area contributed by atoms with Crippen LogP contribution in [0.4, 0.5) is 48.3 Å². The lowest BCUT2D eigenvalue weighted by Gasteiger charge is -2.36. The molecule has 0 amide bonds. The minimum absolute atomic E-state index is 3.39. The first-order valence-corrected chi connectivity index (χ1v) is 3.90. The van der Waals surface area contributed by atoms with E-state index in [1.807, 2.05) is 0 Å². The molecule has 0 rings (SSSR count). The Hall–Kier alpha value is -0.740. The van der Waals surface area contributed by atoms with Crippen molar-refractivity contribution in [1.29, 1.82) is 0 Å². The molecule has 18 heavy (non-hydrogen) atoms. The van der Waals surface area contributed by atoms with E-state index in [4.69, 9.17) is 0 Å². The second-order valence-corrected chi connectivity index (χ2v) is 3.15. The van der Waals surface area contributed by atoms with Crippen molar-refractivity contribution >= 4 is 11.6 Å². The zero-order chi connectivity index (χ0) is 15.2. The van der Waals surface area contributed by atoms with Gasteiger partial charge < -0.3 is 0 Å². The number of hydrogen-bond acceptors (Lipinski definition) is 0. The van der Waals surface area contributed by atoms with E-state index in [1.54, 1.807) is 0 Å². The SMILES string of the molecule is F/C(Cl)=C(/F)C(C(F)(F)F)(C(F)(F)F)C(F)(F)F. The highest BCUT2D eigenvalue weighted by Crippen LogP contribution is 2.64. The summed E-state index contributed by atoms with van der Waals surface area (Å²) < 4.78 is 133. The van der Waals surface area contributed by atoms with Gasteiger partial charge in [0, 0.05) is 0 Å². The minimum atomic E-state index is -7.22.